The second-order valence-electron chi connectivity index (χ2n) is 4.45. The fourth-order valence-corrected chi connectivity index (χ4v) is 1.91. The number of carbonyl (C=O) groups is 1. The molecular formula is C18H15NO3. The molecular weight excluding hydrogens is 278 g/mol. The zero-order chi connectivity index (χ0) is 15.8. The fourth-order valence-electron chi connectivity index (χ4n) is 1.91. The van der Waals surface area contributed by atoms with Gasteiger partial charge in [0.15, 0.2) is 0 Å². The predicted molar refractivity (Wildman–Crippen MR) is 83.0 cm³/mol. The Morgan fingerprint density at radius 2 is 1.91 bits per heavy atom. The number of carbonyl (C=O) groups excluding carboxylic acids is 1. The van der Waals surface area contributed by atoms with Gasteiger partial charge >= 0.3 is 5.97 Å². The lowest BCUT2D eigenvalue weighted by atomic mass is 10.1. The summed E-state index contributed by atoms with van der Waals surface area (Å²) >= 11 is 0. The third-order valence-electron chi connectivity index (χ3n) is 3.05. The van der Waals surface area contributed by atoms with Gasteiger partial charge < -0.3 is 9.47 Å². The Hall–Kier alpha value is -3.06. The average Bonchev–Trinajstić information content (AvgIpc) is 2.58. The number of nitriles is 1. The van der Waals surface area contributed by atoms with Crippen molar-refractivity contribution >= 4 is 12.0 Å². The molecule has 110 valence electrons. The van der Waals surface area contributed by atoms with E-state index < -0.39 is 5.97 Å². The summed E-state index contributed by atoms with van der Waals surface area (Å²) < 4.78 is 10.3. The maximum atomic E-state index is 11.8. The Labute approximate surface area is 129 Å². The number of esters is 1. The first-order chi connectivity index (χ1) is 10.7. The number of benzene rings is 2. The maximum absolute atomic E-state index is 11.8. The van der Waals surface area contributed by atoms with E-state index in [9.17, 15) is 4.79 Å². The van der Waals surface area contributed by atoms with Gasteiger partial charge in [0.25, 0.3) is 0 Å². The highest BCUT2D eigenvalue weighted by atomic mass is 16.5. The quantitative estimate of drug-likeness (QED) is 0.626. The Bertz CT molecular complexity index is 729. The van der Waals surface area contributed by atoms with Gasteiger partial charge in [-0.3, -0.25) is 0 Å². The van der Waals surface area contributed by atoms with Crippen LogP contribution in [0.15, 0.2) is 54.6 Å². The summed E-state index contributed by atoms with van der Waals surface area (Å²) in [7, 11) is 1.57. The van der Waals surface area contributed by atoms with Gasteiger partial charge in [-0.2, -0.15) is 5.26 Å². The first kappa shape index (κ1) is 15.3. The molecule has 0 aliphatic heterocycles. The second kappa shape index (κ2) is 7.65. The van der Waals surface area contributed by atoms with Crippen LogP contribution in [0.25, 0.3) is 6.08 Å². The summed E-state index contributed by atoms with van der Waals surface area (Å²) in [6.07, 6.45) is 2.98. The predicted octanol–water partition coefficient (Wildman–Crippen LogP) is 3.32. The molecule has 2 aromatic rings. The first-order valence-electron chi connectivity index (χ1n) is 6.70. The topological polar surface area (TPSA) is 59.3 Å². The van der Waals surface area contributed by atoms with Gasteiger partial charge in [0, 0.05) is 17.2 Å². The Balaban J connectivity index is 1.99. The molecule has 0 aliphatic rings. The van der Waals surface area contributed by atoms with Crippen LogP contribution in [0.3, 0.4) is 0 Å². The fraction of sp³-hybridized carbons (Fsp3) is 0.111. The van der Waals surface area contributed by atoms with Gasteiger partial charge in [0.05, 0.1) is 18.7 Å². The molecule has 2 aromatic carbocycles. The minimum absolute atomic E-state index is 0.0683. The van der Waals surface area contributed by atoms with Crippen LogP contribution in [0.2, 0.25) is 0 Å². The monoisotopic (exact) mass is 293 g/mol. The molecule has 2 rings (SSSR count). The number of para-hydroxylation sites is 1. The van der Waals surface area contributed by atoms with Gasteiger partial charge in [0.1, 0.15) is 12.4 Å². The second-order valence-corrected chi connectivity index (χ2v) is 4.45. The normalized spacial score (nSPS) is 10.2. The summed E-state index contributed by atoms with van der Waals surface area (Å²) in [5.74, 6) is 0.208. The number of hydrogen-bond donors (Lipinski definition) is 0. The van der Waals surface area contributed by atoms with Crippen molar-refractivity contribution in [2.45, 2.75) is 6.61 Å². The van der Waals surface area contributed by atoms with Crippen molar-refractivity contribution in [3.63, 3.8) is 0 Å². The Morgan fingerprint density at radius 1 is 1.18 bits per heavy atom. The minimum Gasteiger partial charge on any atom is -0.496 e. The summed E-state index contributed by atoms with van der Waals surface area (Å²) in [6.45, 7) is 0.0683. The van der Waals surface area contributed by atoms with E-state index in [2.05, 4.69) is 6.07 Å². The van der Waals surface area contributed by atoms with Crippen molar-refractivity contribution in [2.24, 2.45) is 0 Å². The van der Waals surface area contributed by atoms with Gasteiger partial charge in [-0.05, 0) is 18.2 Å². The molecule has 0 saturated heterocycles. The summed E-state index contributed by atoms with van der Waals surface area (Å²) in [6, 6.07) is 16.5. The van der Waals surface area contributed by atoms with E-state index in [1.807, 2.05) is 24.3 Å². The third-order valence-corrected chi connectivity index (χ3v) is 3.05. The molecule has 0 saturated carbocycles. The Kier molecular flexibility index (Phi) is 5.33. The van der Waals surface area contributed by atoms with Crippen molar-refractivity contribution < 1.29 is 14.3 Å². The lowest BCUT2D eigenvalue weighted by molar-refractivity contribution is -0.138. The van der Waals surface area contributed by atoms with Crippen molar-refractivity contribution in [1.82, 2.24) is 0 Å². The molecule has 0 aromatic heterocycles. The van der Waals surface area contributed by atoms with E-state index in [4.69, 9.17) is 14.7 Å². The number of rotatable bonds is 5. The molecule has 4 heteroatoms. The molecule has 0 N–H and O–H groups in total. The van der Waals surface area contributed by atoms with E-state index in [1.165, 1.54) is 6.08 Å². The van der Waals surface area contributed by atoms with Gasteiger partial charge in [-0.1, -0.05) is 36.4 Å². The molecule has 0 amide bonds. The Morgan fingerprint density at radius 3 is 2.68 bits per heavy atom. The van der Waals surface area contributed by atoms with Crippen LogP contribution in [-0.2, 0) is 16.1 Å². The number of nitrogens with zero attached hydrogens (tertiary/aromatic N) is 1. The molecule has 0 bridgehead atoms. The molecule has 0 aliphatic carbocycles. The number of hydrogen-bond acceptors (Lipinski definition) is 4. The van der Waals surface area contributed by atoms with Crippen molar-refractivity contribution in [2.75, 3.05) is 7.11 Å². The molecule has 0 fully saturated rings. The molecule has 0 radical (unpaired) electrons. The third kappa shape index (κ3) is 3.97. The smallest absolute Gasteiger partial charge is 0.331 e. The van der Waals surface area contributed by atoms with Crippen molar-refractivity contribution in [3.8, 4) is 11.8 Å². The molecule has 4 nitrogen and oxygen atoms in total. The van der Waals surface area contributed by atoms with E-state index in [1.54, 1.807) is 37.5 Å². The van der Waals surface area contributed by atoms with Crippen LogP contribution in [0.1, 0.15) is 16.7 Å². The van der Waals surface area contributed by atoms with Crippen LogP contribution in [0, 0.1) is 11.3 Å². The van der Waals surface area contributed by atoms with Gasteiger partial charge in [-0.25, -0.2) is 4.79 Å². The number of ether oxygens (including phenoxy) is 2. The molecule has 0 unspecified atom stereocenters. The van der Waals surface area contributed by atoms with Gasteiger partial charge in [-0.15, -0.1) is 0 Å². The van der Waals surface area contributed by atoms with Crippen LogP contribution in [0.5, 0.6) is 5.75 Å². The zero-order valence-corrected chi connectivity index (χ0v) is 12.2. The highest BCUT2D eigenvalue weighted by Gasteiger charge is 2.04. The molecule has 0 spiro atoms. The first-order valence-corrected chi connectivity index (χ1v) is 6.70. The summed E-state index contributed by atoms with van der Waals surface area (Å²) in [5, 5.41) is 8.98. The van der Waals surface area contributed by atoms with Crippen LogP contribution in [0.4, 0.5) is 0 Å². The van der Waals surface area contributed by atoms with Crippen molar-refractivity contribution in [1.29, 1.82) is 5.26 Å². The lowest BCUT2D eigenvalue weighted by Crippen LogP contribution is -2.02. The SMILES string of the molecule is COc1ccccc1C=CC(=O)OCc1ccccc1C#N. The molecule has 0 atom stereocenters. The average molecular weight is 293 g/mol. The summed E-state index contributed by atoms with van der Waals surface area (Å²) in [4.78, 5) is 11.8. The van der Waals surface area contributed by atoms with E-state index >= 15 is 0 Å². The lowest BCUT2D eigenvalue weighted by Gasteiger charge is -2.05. The van der Waals surface area contributed by atoms with Crippen LogP contribution < -0.4 is 4.74 Å². The van der Waals surface area contributed by atoms with Crippen LogP contribution >= 0.6 is 0 Å². The molecule has 0 heterocycles. The standard InChI is InChI=1S/C18H15NO3/c1-21-17-9-5-4-6-14(17)10-11-18(20)22-13-16-8-3-2-7-15(16)12-19/h2-11H,13H2,1H3. The van der Waals surface area contributed by atoms with Crippen LogP contribution in [-0.4, -0.2) is 13.1 Å². The zero-order valence-electron chi connectivity index (χ0n) is 12.2. The van der Waals surface area contributed by atoms with E-state index in [0.29, 0.717) is 16.9 Å². The maximum Gasteiger partial charge on any atom is 0.331 e. The van der Waals surface area contributed by atoms with Gasteiger partial charge in [0.2, 0.25) is 0 Å². The van der Waals surface area contributed by atoms with Crippen molar-refractivity contribution in [3.05, 3.63) is 71.3 Å². The summed E-state index contributed by atoms with van der Waals surface area (Å²) in [5.41, 5.74) is 1.98. The van der Waals surface area contributed by atoms with E-state index in [0.717, 1.165) is 5.56 Å². The number of methoxy groups -OCH3 is 1. The molecule has 22 heavy (non-hydrogen) atoms. The largest absolute Gasteiger partial charge is 0.496 e. The highest BCUT2D eigenvalue weighted by molar-refractivity contribution is 5.87. The minimum atomic E-state index is -0.473. The van der Waals surface area contributed by atoms with E-state index in [-0.39, 0.29) is 6.61 Å². The highest BCUT2D eigenvalue weighted by Crippen LogP contribution is 2.18.